The number of ether oxygens (including phenoxy) is 1. The van der Waals surface area contributed by atoms with E-state index in [4.69, 9.17) is 4.74 Å². The molecule has 0 saturated heterocycles. The van der Waals surface area contributed by atoms with Gasteiger partial charge in [0.1, 0.15) is 5.75 Å². The maximum absolute atomic E-state index is 10.9. The lowest BCUT2D eigenvalue weighted by atomic mass is 10.0. The third-order valence-electron chi connectivity index (χ3n) is 6.64. The summed E-state index contributed by atoms with van der Waals surface area (Å²) in [7, 11) is -1.35. The Labute approximate surface area is 274 Å². The fourth-order valence-corrected chi connectivity index (χ4v) is 4.82. The average Bonchev–Trinajstić information content (AvgIpc) is 3.03. The third-order valence-corrected chi connectivity index (χ3v) is 8.51. The minimum Gasteiger partial charge on any atom is -0.497 e. The highest BCUT2D eigenvalue weighted by atomic mass is 32.2. The van der Waals surface area contributed by atoms with Crippen LogP contribution in [0.4, 0.5) is 0 Å². The van der Waals surface area contributed by atoms with Gasteiger partial charge in [-0.1, -0.05) is 107 Å². The number of rotatable bonds is 5. The molecule has 0 atom stereocenters. The Morgan fingerprint density at radius 1 is 0.578 bits per heavy atom. The largest absolute Gasteiger partial charge is 0.497 e. The van der Waals surface area contributed by atoms with Crippen LogP contribution >= 0.6 is 11.8 Å². The molecule has 45 heavy (non-hydrogen) atoms. The summed E-state index contributed by atoms with van der Waals surface area (Å²) in [4.78, 5) is 12.4. The number of carbonyl (C=O) groups is 1. The number of benzene rings is 5. The first kappa shape index (κ1) is 37.1. The van der Waals surface area contributed by atoms with Crippen LogP contribution in [0.5, 0.6) is 5.75 Å². The SMILES string of the molecule is CC(=O)c1ccc(C)cc1.COc1ccc(C)cc1.CSc1ccc(-c2ccc(C)cc2)cc1.Cc1ccc(S(C)(=O)=O)cc1. The Hall–Kier alpha value is -4.13. The number of methoxy groups -OCH3 is 1. The predicted octanol–water partition coefficient (Wildman–Crippen LogP) is 9.98. The van der Waals surface area contributed by atoms with Gasteiger partial charge >= 0.3 is 0 Å². The maximum atomic E-state index is 10.9. The molecule has 0 aliphatic heterocycles. The molecule has 0 aliphatic rings. The van der Waals surface area contributed by atoms with E-state index < -0.39 is 9.84 Å². The highest BCUT2D eigenvalue weighted by Crippen LogP contribution is 2.23. The van der Waals surface area contributed by atoms with E-state index in [9.17, 15) is 13.2 Å². The Kier molecular flexibility index (Phi) is 15.3. The van der Waals surface area contributed by atoms with Crippen LogP contribution in [0.2, 0.25) is 0 Å². The van der Waals surface area contributed by atoms with Crippen molar-refractivity contribution in [3.63, 3.8) is 0 Å². The van der Waals surface area contributed by atoms with Crippen LogP contribution in [0.3, 0.4) is 0 Å². The van der Waals surface area contributed by atoms with E-state index in [2.05, 4.69) is 68.6 Å². The molecule has 0 aliphatic carbocycles. The molecule has 5 rings (SSSR count). The van der Waals surface area contributed by atoms with Crippen molar-refractivity contribution in [3.8, 4) is 16.9 Å². The van der Waals surface area contributed by atoms with E-state index in [1.165, 1.54) is 39.0 Å². The number of hydrogen-bond donors (Lipinski definition) is 0. The van der Waals surface area contributed by atoms with Gasteiger partial charge in [-0.2, -0.15) is 0 Å². The lowest BCUT2D eigenvalue weighted by Crippen LogP contribution is -1.95. The average molecular weight is 641 g/mol. The minimum atomic E-state index is -3.02. The van der Waals surface area contributed by atoms with Gasteiger partial charge < -0.3 is 4.74 Å². The van der Waals surface area contributed by atoms with E-state index >= 15 is 0 Å². The van der Waals surface area contributed by atoms with Crippen molar-refractivity contribution < 1.29 is 17.9 Å². The van der Waals surface area contributed by atoms with Gasteiger partial charge in [0.05, 0.1) is 12.0 Å². The lowest BCUT2D eigenvalue weighted by Gasteiger charge is -2.03. The number of hydrogen-bond acceptors (Lipinski definition) is 5. The number of thioether (sulfide) groups is 1. The fraction of sp³-hybridized carbons (Fsp3) is 0.205. The standard InChI is InChI=1S/C14H14S.C9H10O.C8H10O2S.C8H10O/c1-11-3-5-12(6-4-11)13-7-9-14(15-2)10-8-13;1-7-3-5-9(6-4-7)8(2)10;1-7-3-5-8(6-4-7)11(2,9)10;1-7-3-5-8(9-2)6-4-7/h3-10H,1-2H3;3-6H,1-2H3;3-6H,1-2H3;3-6H,1-2H3. The molecular weight excluding hydrogens is 597 g/mol. The highest BCUT2D eigenvalue weighted by molar-refractivity contribution is 7.98. The summed E-state index contributed by atoms with van der Waals surface area (Å²) in [6.45, 7) is 9.67. The molecule has 236 valence electrons. The van der Waals surface area contributed by atoms with Crippen molar-refractivity contribution in [1.82, 2.24) is 0 Å². The molecule has 0 saturated carbocycles. The van der Waals surface area contributed by atoms with Crippen LogP contribution in [0.25, 0.3) is 11.1 Å². The summed E-state index contributed by atoms with van der Waals surface area (Å²) in [5, 5.41) is 0. The van der Waals surface area contributed by atoms with Crippen LogP contribution in [0, 0.1) is 27.7 Å². The molecular formula is C39H44O4S2. The number of sulfone groups is 1. The van der Waals surface area contributed by atoms with E-state index in [-0.39, 0.29) is 5.78 Å². The number of ketones is 1. The van der Waals surface area contributed by atoms with Crippen molar-refractivity contribution >= 4 is 27.4 Å². The zero-order valence-corrected chi connectivity index (χ0v) is 29.1. The van der Waals surface area contributed by atoms with Gasteiger partial charge in [0, 0.05) is 16.7 Å². The smallest absolute Gasteiger partial charge is 0.175 e. The number of aryl methyl sites for hydroxylation is 4. The summed E-state index contributed by atoms with van der Waals surface area (Å²) in [6.07, 6.45) is 3.30. The van der Waals surface area contributed by atoms with E-state index in [0.717, 1.165) is 16.9 Å². The predicted molar refractivity (Wildman–Crippen MR) is 192 cm³/mol. The van der Waals surface area contributed by atoms with Gasteiger partial charge in [0.2, 0.25) is 0 Å². The molecule has 5 aromatic carbocycles. The summed E-state index contributed by atoms with van der Waals surface area (Å²) in [6, 6.07) is 39.7. The molecule has 0 heterocycles. The van der Waals surface area contributed by atoms with Gasteiger partial charge in [-0.15, -0.1) is 11.8 Å². The second-order valence-electron chi connectivity index (χ2n) is 10.6. The van der Waals surface area contributed by atoms with E-state index in [1.54, 1.807) is 50.1 Å². The molecule has 0 bridgehead atoms. The summed E-state index contributed by atoms with van der Waals surface area (Å²) >= 11 is 1.78. The third kappa shape index (κ3) is 14.0. The van der Waals surface area contributed by atoms with Crippen LogP contribution in [-0.4, -0.2) is 33.8 Å². The molecule has 6 heteroatoms. The molecule has 0 radical (unpaired) electrons. The molecule has 5 aromatic rings. The summed E-state index contributed by atoms with van der Waals surface area (Å²) in [5.74, 6) is 1.04. The normalized spacial score (nSPS) is 10.1. The second-order valence-corrected chi connectivity index (χ2v) is 13.5. The van der Waals surface area contributed by atoms with Crippen LogP contribution < -0.4 is 4.74 Å². The number of carbonyl (C=O) groups excluding carboxylic acids is 1. The van der Waals surface area contributed by atoms with Gasteiger partial charge in [-0.05, 0) is 88.4 Å². The fourth-order valence-electron chi connectivity index (χ4n) is 3.78. The van der Waals surface area contributed by atoms with E-state index in [1.807, 2.05) is 62.4 Å². The zero-order valence-electron chi connectivity index (χ0n) is 27.5. The molecule has 0 aromatic heterocycles. The van der Waals surface area contributed by atoms with E-state index in [0.29, 0.717) is 4.90 Å². The van der Waals surface area contributed by atoms with Crippen molar-refractivity contribution in [2.45, 2.75) is 44.4 Å². The van der Waals surface area contributed by atoms with Crippen LogP contribution in [0.15, 0.2) is 131 Å². The zero-order chi connectivity index (χ0) is 33.4. The molecule has 4 nitrogen and oxygen atoms in total. The quantitative estimate of drug-likeness (QED) is 0.141. The Morgan fingerprint density at radius 2 is 0.933 bits per heavy atom. The van der Waals surface area contributed by atoms with Gasteiger partial charge in [-0.25, -0.2) is 8.42 Å². The van der Waals surface area contributed by atoms with Crippen LogP contribution in [0.1, 0.15) is 39.5 Å². The van der Waals surface area contributed by atoms with Crippen molar-refractivity contribution in [2.75, 3.05) is 19.6 Å². The topological polar surface area (TPSA) is 60.4 Å². The second kappa shape index (κ2) is 18.6. The molecule has 0 fully saturated rings. The molecule has 0 spiro atoms. The maximum Gasteiger partial charge on any atom is 0.175 e. The Morgan fingerprint density at radius 3 is 1.29 bits per heavy atom. The summed E-state index contributed by atoms with van der Waals surface area (Å²) in [5.41, 5.74) is 8.17. The first-order chi connectivity index (χ1) is 21.3. The van der Waals surface area contributed by atoms with Gasteiger partial charge in [0.25, 0.3) is 0 Å². The van der Waals surface area contributed by atoms with Crippen LogP contribution in [-0.2, 0) is 9.84 Å². The van der Waals surface area contributed by atoms with Crippen molar-refractivity contribution in [3.05, 3.63) is 149 Å². The first-order valence-corrected chi connectivity index (χ1v) is 17.6. The molecule has 0 N–H and O–H groups in total. The molecule has 0 amide bonds. The minimum absolute atomic E-state index is 0.125. The Balaban J connectivity index is 0.000000214. The highest BCUT2D eigenvalue weighted by Gasteiger charge is 2.04. The van der Waals surface area contributed by atoms with Crippen molar-refractivity contribution in [2.24, 2.45) is 0 Å². The van der Waals surface area contributed by atoms with Gasteiger partial charge in [-0.3, -0.25) is 4.79 Å². The number of Topliss-reactive ketones (excluding diaryl/α,β-unsaturated/α-hetero) is 1. The van der Waals surface area contributed by atoms with Crippen molar-refractivity contribution in [1.29, 1.82) is 0 Å². The molecule has 0 unspecified atom stereocenters. The Bertz CT molecular complexity index is 1690. The lowest BCUT2D eigenvalue weighted by molar-refractivity contribution is 0.101. The monoisotopic (exact) mass is 640 g/mol. The summed E-state index contributed by atoms with van der Waals surface area (Å²) < 4.78 is 26.9. The van der Waals surface area contributed by atoms with Gasteiger partial charge in [0.15, 0.2) is 15.6 Å². The first-order valence-electron chi connectivity index (χ1n) is 14.5.